The maximum atomic E-state index is 8.75. The molecule has 0 amide bonds. The number of hydrogen-bond donors (Lipinski definition) is 0. The molecule has 0 radical (unpaired) electrons. The molecule has 1 saturated heterocycles. The average Bonchev–Trinajstić information content (AvgIpc) is 2.39. The zero-order valence-corrected chi connectivity index (χ0v) is 9.40. The molecule has 1 aromatic rings. The fourth-order valence-corrected chi connectivity index (χ4v) is 1.95. The summed E-state index contributed by atoms with van der Waals surface area (Å²) in [5.74, 6) is -0.605. The highest BCUT2D eigenvalue weighted by atomic mass is 16.7. The fraction of sp³-hybridized carbons (Fsp3) is 0.462. The van der Waals surface area contributed by atoms with Gasteiger partial charge in [0, 0.05) is 12.0 Å². The highest BCUT2D eigenvalue weighted by Gasteiger charge is 2.34. The first-order chi connectivity index (χ1) is 7.80. The van der Waals surface area contributed by atoms with Crippen LogP contribution >= 0.6 is 0 Å². The van der Waals surface area contributed by atoms with E-state index in [-0.39, 0.29) is 0 Å². The van der Waals surface area contributed by atoms with Crippen LogP contribution in [-0.2, 0) is 15.3 Å². The van der Waals surface area contributed by atoms with Crippen LogP contribution in [0.4, 0.5) is 0 Å². The van der Waals surface area contributed by atoms with Gasteiger partial charge in [-0.1, -0.05) is 19.1 Å². The lowest BCUT2D eigenvalue weighted by Gasteiger charge is -2.36. The molecule has 1 aliphatic rings. The third kappa shape index (κ3) is 1.95. The summed E-state index contributed by atoms with van der Waals surface area (Å²) in [5, 5.41) is 8.75. The van der Waals surface area contributed by atoms with Crippen LogP contribution in [0.3, 0.4) is 0 Å². The van der Waals surface area contributed by atoms with Crippen LogP contribution in [0, 0.1) is 11.3 Å². The molecule has 0 spiro atoms. The number of rotatable bonds is 2. The molecule has 84 valence electrons. The van der Waals surface area contributed by atoms with E-state index in [0.717, 1.165) is 31.6 Å². The van der Waals surface area contributed by atoms with E-state index in [4.69, 9.17) is 14.7 Å². The van der Waals surface area contributed by atoms with Gasteiger partial charge in [0.2, 0.25) is 0 Å². The monoisotopic (exact) mass is 217 g/mol. The number of benzene rings is 1. The summed E-state index contributed by atoms with van der Waals surface area (Å²) < 4.78 is 11.5. The Kier molecular flexibility index (Phi) is 3.23. The lowest BCUT2D eigenvalue weighted by atomic mass is 10.0. The molecule has 0 bridgehead atoms. The van der Waals surface area contributed by atoms with Crippen LogP contribution < -0.4 is 0 Å². The molecular formula is C13H15NO2. The largest absolute Gasteiger partial charge is 0.346 e. The first-order valence-corrected chi connectivity index (χ1v) is 5.59. The van der Waals surface area contributed by atoms with Gasteiger partial charge < -0.3 is 9.47 Å². The number of hydrogen-bond acceptors (Lipinski definition) is 3. The molecule has 1 heterocycles. The highest BCUT2D eigenvalue weighted by molar-refractivity contribution is 5.33. The molecule has 1 aromatic carbocycles. The van der Waals surface area contributed by atoms with Gasteiger partial charge in [0.25, 0.3) is 0 Å². The number of nitriles is 1. The molecule has 1 fully saturated rings. The standard InChI is InChI=1S/C13H15NO2/c1-2-13(15-8-3-9-16-13)12-6-4-11(10-14)5-7-12/h4-7H,2-3,8-9H2,1H3. The first kappa shape index (κ1) is 11.1. The molecule has 1 aliphatic heterocycles. The van der Waals surface area contributed by atoms with E-state index in [1.165, 1.54) is 0 Å². The van der Waals surface area contributed by atoms with Gasteiger partial charge in [0.1, 0.15) is 0 Å². The summed E-state index contributed by atoms with van der Waals surface area (Å²) >= 11 is 0. The summed E-state index contributed by atoms with van der Waals surface area (Å²) in [6.45, 7) is 3.51. The van der Waals surface area contributed by atoms with E-state index < -0.39 is 5.79 Å². The van der Waals surface area contributed by atoms with E-state index in [2.05, 4.69) is 6.07 Å². The summed E-state index contributed by atoms with van der Waals surface area (Å²) in [5.41, 5.74) is 1.65. The number of nitrogens with zero attached hydrogens (tertiary/aromatic N) is 1. The normalized spacial score (nSPS) is 19.0. The quantitative estimate of drug-likeness (QED) is 0.764. The Bertz CT molecular complexity index is 385. The van der Waals surface area contributed by atoms with Crippen LogP contribution in [0.15, 0.2) is 24.3 Å². The average molecular weight is 217 g/mol. The Morgan fingerprint density at radius 2 is 1.88 bits per heavy atom. The molecule has 0 aliphatic carbocycles. The van der Waals surface area contributed by atoms with E-state index in [0.29, 0.717) is 5.56 Å². The minimum atomic E-state index is -0.605. The molecule has 0 aromatic heterocycles. The lowest BCUT2D eigenvalue weighted by molar-refractivity contribution is -0.277. The van der Waals surface area contributed by atoms with E-state index in [1.54, 1.807) is 12.1 Å². The van der Waals surface area contributed by atoms with Gasteiger partial charge in [0.05, 0.1) is 24.8 Å². The summed E-state index contributed by atoms with van der Waals surface area (Å²) in [6.07, 6.45) is 1.72. The van der Waals surface area contributed by atoms with Gasteiger partial charge in [-0.3, -0.25) is 0 Å². The molecule has 0 atom stereocenters. The fourth-order valence-electron chi connectivity index (χ4n) is 1.95. The van der Waals surface area contributed by atoms with Gasteiger partial charge in [-0.25, -0.2) is 0 Å². The van der Waals surface area contributed by atoms with Crippen LogP contribution in [0.5, 0.6) is 0 Å². The van der Waals surface area contributed by atoms with Crippen molar-refractivity contribution in [3.63, 3.8) is 0 Å². The molecule has 0 N–H and O–H groups in total. The first-order valence-electron chi connectivity index (χ1n) is 5.59. The van der Waals surface area contributed by atoms with Crippen molar-refractivity contribution in [1.82, 2.24) is 0 Å². The van der Waals surface area contributed by atoms with Crippen molar-refractivity contribution in [2.45, 2.75) is 25.6 Å². The summed E-state index contributed by atoms with van der Waals surface area (Å²) in [7, 11) is 0. The van der Waals surface area contributed by atoms with Crippen molar-refractivity contribution in [2.75, 3.05) is 13.2 Å². The van der Waals surface area contributed by atoms with Crippen LogP contribution in [0.1, 0.15) is 30.9 Å². The third-order valence-electron chi connectivity index (χ3n) is 2.88. The summed E-state index contributed by atoms with van der Waals surface area (Å²) in [6, 6.07) is 9.53. The Morgan fingerprint density at radius 3 is 2.38 bits per heavy atom. The number of ether oxygens (including phenoxy) is 2. The van der Waals surface area contributed by atoms with Crippen LogP contribution in [0.25, 0.3) is 0 Å². The Morgan fingerprint density at radius 1 is 1.25 bits per heavy atom. The minimum absolute atomic E-state index is 0.605. The van der Waals surface area contributed by atoms with E-state index >= 15 is 0 Å². The van der Waals surface area contributed by atoms with Gasteiger partial charge in [-0.05, 0) is 18.6 Å². The van der Waals surface area contributed by atoms with Crippen LogP contribution in [-0.4, -0.2) is 13.2 Å². The van der Waals surface area contributed by atoms with Gasteiger partial charge in [-0.2, -0.15) is 5.26 Å². The SMILES string of the molecule is CCC1(c2ccc(C#N)cc2)OCCCO1. The maximum Gasteiger partial charge on any atom is 0.194 e. The van der Waals surface area contributed by atoms with Crippen molar-refractivity contribution in [3.05, 3.63) is 35.4 Å². The van der Waals surface area contributed by atoms with Crippen molar-refractivity contribution in [1.29, 1.82) is 5.26 Å². The second kappa shape index (κ2) is 4.65. The lowest BCUT2D eigenvalue weighted by Crippen LogP contribution is -2.37. The predicted octanol–water partition coefficient (Wildman–Crippen LogP) is 2.56. The Balaban J connectivity index is 2.29. The third-order valence-corrected chi connectivity index (χ3v) is 2.88. The second-order valence-electron chi connectivity index (χ2n) is 3.85. The van der Waals surface area contributed by atoms with Gasteiger partial charge >= 0.3 is 0 Å². The molecule has 3 heteroatoms. The Labute approximate surface area is 95.6 Å². The molecule has 0 saturated carbocycles. The van der Waals surface area contributed by atoms with Gasteiger partial charge in [-0.15, -0.1) is 0 Å². The summed E-state index contributed by atoms with van der Waals surface area (Å²) in [4.78, 5) is 0. The molecule has 16 heavy (non-hydrogen) atoms. The topological polar surface area (TPSA) is 42.2 Å². The predicted molar refractivity (Wildman–Crippen MR) is 59.6 cm³/mol. The zero-order valence-electron chi connectivity index (χ0n) is 9.40. The zero-order chi connectivity index (χ0) is 11.4. The second-order valence-corrected chi connectivity index (χ2v) is 3.85. The molecule has 2 rings (SSSR count). The Hall–Kier alpha value is -1.37. The van der Waals surface area contributed by atoms with E-state index in [9.17, 15) is 0 Å². The van der Waals surface area contributed by atoms with Crippen molar-refractivity contribution in [3.8, 4) is 6.07 Å². The molecule has 3 nitrogen and oxygen atoms in total. The van der Waals surface area contributed by atoms with Crippen molar-refractivity contribution in [2.24, 2.45) is 0 Å². The van der Waals surface area contributed by atoms with Crippen LogP contribution in [0.2, 0.25) is 0 Å². The highest BCUT2D eigenvalue weighted by Crippen LogP contribution is 2.33. The van der Waals surface area contributed by atoms with Crippen molar-refractivity contribution >= 4 is 0 Å². The van der Waals surface area contributed by atoms with Gasteiger partial charge in [0.15, 0.2) is 5.79 Å². The maximum absolute atomic E-state index is 8.75. The molecular weight excluding hydrogens is 202 g/mol. The molecule has 0 unspecified atom stereocenters. The smallest absolute Gasteiger partial charge is 0.194 e. The van der Waals surface area contributed by atoms with E-state index in [1.807, 2.05) is 19.1 Å². The minimum Gasteiger partial charge on any atom is -0.346 e. The van der Waals surface area contributed by atoms with Crippen molar-refractivity contribution < 1.29 is 9.47 Å².